The van der Waals surface area contributed by atoms with Crippen molar-refractivity contribution >= 4 is 12.2 Å². The number of aromatic nitrogens is 2. The molecule has 1 heterocycles. The van der Waals surface area contributed by atoms with E-state index in [1.54, 1.807) is 0 Å². The first-order valence-electron chi connectivity index (χ1n) is 5.05. The van der Waals surface area contributed by atoms with Gasteiger partial charge in [0.15, 0.2) is 4.77 Å². The average molecular weight is 210 g/mol. The molecule has 0 fully saturated rings. The molecule has 0 aliphatic heterocycles. The molecule has 1 aromatic heterocycles. The van der Waals surface area contributed by atoms with Crippen molar-refractivity contribution in [3.05, 3.63) is 26.4 Å². The zero-order valence-corrected chi connectivity index (χ0v) is 9.04. The average Bonchev–Trinajstić information content (AvgIpc) is 2.48. The molecule has 0 aromatic carbocycles. The third-order valence-electron chi connectivity index (χ3n) is 2.81. The molecule has 14 heavy (non-hydrogen) atoms. The van der Waals surface area contributed by atoms with Gasteiger partial charge < -0.3 is 4.98 Å². The van der Waals surface area contributed by atoms with E-state index in [-0.39, 0.29) is 5.56 Å². The highest BCUT2D eigenvalue weighted by atomic mass is 32.1. The molecule has 76 valence electrons. The largest absolute Gasteiger partial charge is 0.336 e. The van der Waals surface area contributed by atoms with E-state index in [9.17, 15) is 4.79 Å². The van der Waals surface area contributed by atoms with Crippen molar-refractivity contribution in [2.24, 2.45) is 5.92 Å². The summed E-state index contributed by atoms with van der Waals surface area (Å²) in [6, 6.07) is 0. The van der Waals surface area contributed by atoms with E-state index in [0.29, 0.717) is 10.7 Å². The zero-order chi connectivity index (χ0) is 10.1. The first kappa shape index (κ1) is 9.65. The molecule has 1 unspecified atom stereocenters. The molecule has 0 saturated carbocycles. The van der Waals surface area contributed by atoms with E-state index in [0.717, 1.165) is 24.1 Å². The van der Waals surface area contributed by atoms with Crippen LogP contribution in [-0.2, 0) is 12.8 Å². The molecule has 0 saturated heterocycles. The van der Waals surface area contributed by atoms with E-state index in [4.69, 9.17) is 12.2 Å². The smallest absolute Gasteiger partial charge is 0.255 e. The van der Waals surface area contributed by atoms with Gasteiger partial charge in [0.25, 0.3) is 5.56 Å². The Kier molecular flexibility index (Phi) is 2.54. The lowest BCUT2D eigenvalue weighted by molar-refractivity contribution is 0.504. The Morgan fingerprint density at radius 1 is 1.43 bits per heavy atom. The fraction of sp³-hybridized carbons (Fsp3) is 0.600. The van der Waals surface area contributed by atoms with Crippen molar-refractivity contribution in [3.8, 4) is 0 Å². The molecule has 1 aliphatic carbocycles. The minimum atomic E-state index is 0.00218. The Balaban J connectivity index is 2.35. The lowest BCUT2D eigenvalue weighted by Gasteiger charge is -2.03. The molecule has 3 nitrogen and oxygen atoms in total. The highest BCUT2D eigenvalue weighted by Gasteiger charge is 2.23. The summed E-state index contributed by atoms with van der Waals surface area (Å²) in [5, 5.41) is 0. The molecule has 4 heteroatoms. The fourth-order valence-electron chi connectivity index (χ4n) is 2.21. The second-order valence-corrected chi connectivity index (χ2v) is 4.34. The predicted molar refractivity (Wildman–Crippen MR) is 58.1 cm³/mol. The Hall–Kier alpha value is -0.900. The van der Waals surface area contributed by atoms with E-state index in [1.165, 1.54) is 12.8 Å². The number of aromatic amines is 2. The summed E-state index contributed by atoms with van der Waals surface area (Å²) in [5.74, 6) is 0.629. The van der Waals surface area contributed by atoms with Crippen molar-refractivity contribution in [1.29, 1.82) is 0 Å². The third-order valence-corrected chi connectivity index (χ3v) is 3.02. The van der Waals surface area contributed by atoms with Crippen LogP contribution in [0.1, 0.15) is 31.0 Å². The molecule has 1 aliphatic rings. The van der Waals surface area contributed by atoms with Gasteiger partial charge in [0.05, 0.1) is 0 Å². The van der Waals surface area contributed by atoms with Gasteiger partial charge in [0.1, 0.15) is 0 Å². The van der Waals surface area contributed by atoms with Crippen LogP contribution in [0, 0.1) is 10.7 Å². The second-order valence-electron chi connectivity index (χ2n) is 3.93. The first-order valence-corrected chi connectivity index (χ1v) is 5.46. The van der Waals surface area contributed by atoms with E-state index in [1.807, 2.05) is 0 Å². The maximum Gasteiger partial charge on any atom is 0.255 e. The van der Waals surface area contributed by atoms with Gasteiger partial charge in [-0.25, -0.2) is 0 Å². The summed E-state index contributed by atoms with van der Waals surface area (Å²) >= 11 is 4.93. The molecular weight excluding hydrogens is 196 g/mol. The lowest BCUT2D eigenvalue weighted by Crippen LogP contribution is -2.13. The Bertz CT molecular complexity index is 446. The van der Waals surface area contributed by atoms with Crippen LogP contribution >= 0.6 is 12.2 Å². The molecule has 2 N–H and O–H groups in total. The molecule has 1 aromatic rings. The maximum atomic E-state index is 11.5. The van der Waals surface area contributed by atoms with Gasteiger partial charge in [-0.3, -0.25) is 9.78 Å². The first-order chi connectivity index (χ1) is 6.70. The van der Waals surface area contributed by atoms with Crippen LogP contribution in [0.25, 0.3) is 0 Å². The number of nitrogens with one attached hydrogen (secondary N) is 2. The lowest BCUT2D eigenvalue weighted by atomic mass is 10.0. The highest BCUT2D eigenvalue weighted by molar-refractivity contribution is 7.71. The monoisotopic (exact) mass is 210 g/mol. The number of rotatable bonds is 2. The van der Waals surface area contributed by atoms with Gasteiger partial charge >= 0.3 is 0 Å². The van der Waals surface area contributed by atoms with Crippen LogP contribution in [0.2, 0.25) is 0 Å². The standard InChI is InChI=1S/C10H14N2OS/c1-2-3-6-4-7-8(5-6)11-10(14)12-9(7)13/h6H,2-5H2,1H3,(H2,11,12,13,14). The molecule has 1 atom stereocenters. The highest BCUT2D eigenvalue weighted by Crippen LogP contribution is 2.25. The van der Waals surface area contributed by atoms with Gasteiger partial charge in [-0.2, -0.15) is 0 Å². The summed E-state index contributed by atoms with van der Waals surface area (Å²) in [5.41, 5.74) is 1.97. The number of fused-ring (bicyclic) bond motifs is 1. The summed E-state index contributed by atoms with van der Waals surface area (Å²) in [4.78, 5) is 17.3. The van der Waals surface area contributed by atoms with Gasteiger partial charge in [0.2, 0.25) is 0 Å². The van der Waals surface area contributed by atoms with Crippen LogP contribution in [0.4, 0.5) is 0 Å². The van der Waals surface area contributed by atoms with Crippen LogP contribution < -0.4 is 5.56 Å². The maximum absolute atomic E-state index is 11.5. The van der Waals surface area contributed by atoms with E-state index >= 15 is 0 Å². The zero-order valence-electron chi connectivity index (χ0n) is 8.22. The van der Waals surface area contributed by atoms with E-state index < -0.39 is 0 Å². The molecule has 0 spiro atoms. The third kappa shape index (κ3) is 1.66. The second kappa shape index (κ2) is 3.69. The number of hydrogen-bond donors (Lipinski definition) is 2. The van der Waals surface area contributed by atoms with Gasteiger partial charge in [-0.05, 0) is 31.0 Å². The van der Waals surface area contributed by atoms with Crippen molar-refractivity contribution in [3.63, 3.8) is 0 Å². The Morgan fingerprint density at radius 3 is 2.93 bits per heavy atom. The predicted octanol–water partition coefficient (Wildman–Crippen LogP) is 1.95. The summed E-state index contributed by atoms with van der Waals surface area (Å²) in [7, 11) is 0. The number of hydrogen-bond acceptors (Lipinski definition) is 2. The van der Waals surface area contributed by atoms with Crippen molar-refractivity contribution in [2.75, 3.05) is 0 Å². The van der Waals surface area contributed by atoms with Crippen molar-refractivity contribution in [1.82, 2.24) is 9.97 Å². The van der Waals surface area contributed by atoms with Crippen molar-refractivity contribution in [2.45, 2.75) is 32.6 Å². The number of H-pyrrole nitrogens is 2. The topological polar surface area (TPSA) is 48.6 Å². The minimum Gasteiger partial charge on any atom is -0.336 e. The van der Waals surface area contributed by atoms with Gasteiger partial charge in [0, 0.05) is 11.3 Å². The molecule has 0 bridgehead atoms. The van der Waals surface area contributed by atoms with Crippen LogP contribution in [0.5, 0.6) is 0 Å². The Morgan fingerprint density at radius 2 is 2.21 bits per heavy atom. The van der Waals surface area contributed by atoms with Crippen molar-refractivity contribution < 1.29 is 0 Å². The van der Waals surface area contributed by atoms with E-state index in [2.05, 4.69) is 16.9 Å². The van der Waals surface area contributed by atoms with Gasteiger partial charge in [-0.1, -0.05) is 19.8 Å². The summed E-state index contributed by atoms with van der Waals surface area (Å²) in [6.07, 6.45) is 4.26. The van der Waals surface area contributed by atoms with Gasteiger partial charge in [-0.15, -0.1) is 0 Å². The molecule has 0 amide bonds. The Labute approximate surface area is 87.6 Å². The van der Waals surface area contributed by atoms with Crippen LogP contribution in [-0.4, -0.2) is 9.97 Å². The SMILES string of the molecule is CCCC1Cc2[nH]c(=S)[nH]c(=O)c2C1. The normalized spacial score (nSPS) is 19.6. The molecular formula is C10H14N2OS. The molecule has 0 radical (unpaired) electrons. The van der Waals surface area contributed by atoms with Crippen LogP contribution in [0.15, 0.2) is 4.79 Å². The molecule has 2 rings (SSSR count). The summed E-state index contributed by atoms with van der Waals surface area (Å²) < 4.78 is 0.450. The fourth-order valence-corrected chi connectivity index (χ4v) is 2.43. The van der Waals surface area contributed by atoms with Crippen LogP contribution in [0.3, 0.4) is 0 Å². The quantitative estimate of drug-likeness (QED) is 0.733. The minimum absolute atomic E-state index is 0.00218. The summed E-state index contributed by atoms with van der Waals surface area (Å²) in [6.45, 7) is 2.18.